The molecule has 0 aliphatic heterocycles. The molecule has 0 N–H and O–H groups in total. The Kier molecular flexibility index (Phi) is 38.5. The van der Waals surface area contributed by atoms with Gasteiger partial charge in [-0.1, -0.05) is 462 Å². The SMILES string of the molecule is CC.CC(C)(C)Cc1ccccc1C(C)(C)C.CC(C)(C)c1ccccc1C1CCCCC1.CC(C)(C)c1ccccc1CC(C)(C)C(F)(F)F.CC(C)Cc1ccccc1C(C)(C)C.CC(C)c1ccccc1C(C)(C)C.[2H]C1(c2cccc(C3([2H])CCCCC3)c2C(C)(C)C)CCCCC1.[2H]C1(c2ccccc2C(C)(C)C)CCCCC1. The van der Waals surface area contributed by atoms with E-state index in [1.807, 2.05) is 46.8 Å². The van der Waals surface area contributed by atoms with Crippen molar-refractivity contribution in [1.29, 1.82) is 0 Å². The molecule has 0 atom stereocenters. The van der Waals surface area contributed by atoms with Gasteiger partial charge in [0, 0.05) is 4.11 Å². The number of halogens is 3. The van der Waals surface area contributed by atoms with Crippen molar-refractivity contribution in [3.05, 3.63) is 247 Å². The molecule has 0 unspecified atom stereocenters. The Morgan fingerprint density at radius 2 is 0.569 bits per heavy atom. The minimum Gasteiger partial charge on any atom is -0.171 e. The van der Waals surface area contributed by atoms with E-state index in [9.17, 15) is 15.9 Å². The molecule has 648 valence electrons. The maximum absolute atomic E-state index is 12.9. The first-order valence-corrected chi connectivity index (χ1v) is 46.0. The summed E-state index contributed by atoms with van der Waals surface area (Å²) in [6.45, 7) is 69.6. The van der Waals surface area contributed by atoms with Crippen molar-refractivity contribution in [2.75, 3.05) is 0 Å². The van der Waals surface area contributed by atoms with Crippen molar-refractivity contribution in [1.82, 2.24) is 0 Å². The summed E-state index contributed by atoms with van der Waals surface area (Å²) in [6, 6.07) is 58.0. The zero-order valence-corrected chi connectivity index (χ0v) is 80.7. The number of benzene rings is 7. The number of hydrogen-bond donors (Lipinski definition) is 0. The van der Waals surface area contributed by atoms with Crippen LogP contribution in [0.5, 0.6) is 0 Å². The molecule has 0 aromatic heterocycles. The molecular weight excluding hydrogens is 1410 g/mol. The Labute approximate surface area is 719 Å². The second-order valence-corrected chi connectivity index (χ2v) is 44.0. The molecule has 4 aliphatic rings. The minimum absolute atomic E-state index is 0.0110. The third-order valence-electron chi connectivity index (χ3n) is 23.5. The second-order valence-electron chi connectivity index (χ2n) is 44.0. The Hall–Kier alpha value is -5.67. The minimum atomic E-state index is -4.18. The van der Waals surface area contributed by atoms with Gasteiger partial charge in [0.1, 0.15) is 0 Å². The van der Waals surface area contributed by atoms with Gasteiger partial charge in [-0.3, -0.25) is 0 Å². The van der Waals surface area contributed by atoms with Crippen LogP contribution in [0, 0.1) is 16.7 Å². The summed E-state index contributed by atoms with van der Waals surface area (Å²) >= 11 is 0. The third kappa shape index (κ3) is 34.1. The van der Waals surface area contributed by atoms with Gasteiger partial charge in [0.2, 0.25) is 0 Å². The zero-order chi connectivity index (χ0) is 90.2. The van der Waals surface area contributed by atoms with Crippen LogP contribution in [0.4, 0.5) is 13.2 Å². The van der Waals surface area contributed by atoms with E-state index < -0.39 is 23.4 Å². The summed E-state index contributed by atoms with van der Waals surface area (Å²) in [6.07, 6.45) is 22.2. The van der Waals surface area contributed by atoms with Crippen LogP contribution >= 0.6 is 0 Å². The summed E-state index contributed by atoms with van der Waals surface area (Å²) in [5, 5.41) is 0. The highest BCUT2D eigenvalue weighted by molar-refractivity contribution is 5.45. The van der Waals surface area contributed by atoms with Crippen LogP contribution in [-0.4, -0.2) is 6.18 Å². The lowest BCUT2D eigenvalue weighted by atomic mass is 9.70. The van der Waals surface area contributed by atoms with Crippen molar-refractivity contribution in [3.8, 4) is 0 Å². The molecule has 3 heteroatoms. The van der Waals surface area contributed by atoms with Crippen molar-refractivity contribution in [2.45, 2.75) is 443 Å². The van der Waals surface area contributed by atoms with E-state index in [1.165, 1.54) is 171 Å². The van der Waals surface area contributed by atoms with Crippen LogP contribution in [0.2, 0.25) is 0 Å². The molecule has 7 aromatic carbocycles. The summed E-state index contributed by atoms with van der Waals surface area (Å²) in [4.78, 5) is 0. The van der Waals surface area contributed by atoms with Crippen LogP contribution in [0.3, 0.4) is 0 Å². The molecule has 0 radical (unpaired) electrons. The summed E-state index contributed by atoms with van der Waals surface area (Å²) in [5.41, 5.74) is 20.0. The Morgan fingerprint density at radius 1 is 0.293 bits per heavy atom. The number of hydrogen-bond acceptors (Lipinski definition) is 0. The van der Waals surface area contributed by atoms with Gasteiger partial charge in [0.25, 0.3) is 0 Å². The molecule has 0 heterocycles. The Balaban J connectivity index is 0.000000293. The largest absolute Gasteiger partial charge is 0.394 e. The molecule has 7 aromatic rings. The van der Waals surface area contributed by atoms with Crippen LogP contribution < -0.4 is 0 Å². The highest BCUT2D eigenvalue weighted by atomic mass is 19.4. The highest BCUT2D eigenvalue weighted by Gasteiger charge is 2.47. The highest BCUT2D eigenvalue weighted by Crippen LogP contribution is 2.47. The molecule has 4 aliphatic carbocycles. The van der Waals surface area contributed by atoms with E-state index >= 15 is 0 Å². The Morgan fingerprint density at radius 3 is 0.897 bits per heavy atom. The molecule has 0 amide bonds. The summed E-state index contributed by atoms with van der Waals surface area (Å²) in [5.74, 6) is 0.962. The van der Waals surface area contributed by atoms with E-state index in [0.29, 0.717) is 11.3 Å². The summed E-state index contributed by atoms with van der Waals surface area (Å²) in [7, 11) is 0. The second kappa shape index (κ2) is 45.8. The van der Waals surface area contributed by atoms with Gasteiger partial charge in [-0.2, -0.15) is 13.2 Å². The molecule has 0 spiro atoms. The summed E-state index contributed by atoms with van der Waals surface area (Å²) < 4.78 is 66.0. The third-order valence-corrected chi connectivity index (χ3v) is 23.5. The predicted molar refractivity (Wildman–Crippen MR) is 510 cm³/mol. The fourth-order valence-electron chi connectivity index (χ4n) is 17.6. The Bertz CT molecular complexity index is 4030. The van der Waals surface area contributed by atoms with Crippen LogP contribution in [-0.2, 0) is 57.2 Å². The van der Waals surface area contributed by atoms with Gasteiger partial charge in [0.05, 0.1) is 5.41 Å². The fourth-order valence-corrected chi connectivity index (χ4v) is 17.6. The van der Waals surface area contributed by atoms with Gasteiger partial charge in [-0.25, -0.2) is 0 Å². The molecule has 0 saturated heterocycles. The van der Waals surface area contributed by atoms with E-state index in [-0.39, 0.29) is 50.2 Å². The molecule has 0 bridgehead atoms. The number of rotatable bonds is 10. The van der Waals surface area contributed by atoms with E-state index in [4.69, 9.17) is 1.37 Å². The topological polar surface area (TPSA) is 0 Å². The lowest BCUT2D eigenvalue weighted by Crippen LogP contribution is -2.34. The average Bonchev–Trinajstić information content (AvgIpc) is 0.742. The van der Waals surface area contributed by atoms with Gasteiger partial charge < -0.3 is 0 Å². The molecule has 4 saturated carbocycles. The quantitative estimate of drug-likeness (QED) is 0.128. The first-order chi connectivity index (χ1) is 54.8. The first-order valence-electron chi connectivity index (χ1n) is 47.5. The average molecular weight is 1590 g/mol. The zero-order valence-electron chi connectivity index (χ0n) is 83.7. The molecular formula is C113H175F3. The molecule has 0 nitrogen and oxygen atoms in total. The lowest BCUT2D eigenvalue weighted by Gasteiger charge is -2.35. The van der Waals surface area contributed by atoms with Gasteiger partial charge in [-0.05, 0) is 233 Å². The number of alkyl halides is 3. The van der Waals surface area contributed by atoms with Crippen molar-refractivity contribution >= 4 is 0 Å². The predicted octanol–water partition coefficient (Wildman–Crippen LogP) is 36.1. The van der Waals surface area contributed by atoms with Crippen molar-refractivity contribution in [2.24, 2.45) is 16.7 Å². The maximum atomic E-state index is 12.9. The van der Waals surface area contributed by atoms with E-state index in [2.05, 4.69) is 313 Å². The van der Waals surface area contributed by atoms with E-state index in [1.54, 1.807) is 23.3 Å². The monoisotopic (exact) mass is 1590 g/mol. The standard InChI is InChI=1S/C22H34.2C16H24.C15H21F3.C15H24.C14H22.C13H20.C2H6/c1-22(2,3)21-19(17-11-6-4-7-12-17)15-10-16-20(21)18-13-8-5-9-14-18;2*1-16(2,3)15-12-8-7-11-14(15)13-9-5-4-6-10-13;1-13(2,3)12-9-7-6-8-11(12)10-14(4,5)15(16,17)18;1-14(2,3)11-12-9-7-8-10-13(12)15(4,5)6;1-11(2)10-12-8-6-7-9-13(12)14(3,4)5;1-10(2)11-8-6-7-9-12(11)13(3,4)5;1-2/h10,15-18H,4-9,11-14H2,1-3H3;2*7-8,11-13H,4-6,9-10H2,1-3H3;6-9H,10H2,1-5H3;7-10H,11H2,1-6H3;6-9,11H,10H2,1-5H3;6-10H,1-5H3;1-2H3/i17D,18D;13D;;;;;;. The van der Waals surface area contributed by atoms with Crippen LogP contribution in [0.15, 0.2) is 164 Å². The van der Waals surface area contributed by atoms with Gasteiger partial charge in [0.15, 0.2) is 0 Å². The first kappa shape index (κ1) is 97.5. The van der Waals surface area contributed by atoms with Crippen molar-refractivity contribution < 1.29 is 17.3 Å². The smallest absolute Gasteiger partial charge is 0.171 e. The van der Waals surface area contributed by atoms with E-state index in [0.717, 1.165) is 67.9 Å². The van der Waals surface area contributed by atoms with Gasteiger partial charge in [-0.15, -0.1) is 0 Å². The van der Waals surface area contributed by atoms with Crippen LogP contribution in [0.1, 0.15) is 467 Å². The fraction of sp³-hybridized carbons (Fsp3) is 0.628. The van der Waals surface area contributed by atoms with Gasteiger partial charge >= 0.3 is 6.18 Å². The molecule has 4 fully saturated rings. The maximum Gasteiger partial charge on any atom is 0.394 e. The van der Waals surface area contributed by atoms with Crippen LogP contribution in [0.25, 0.3) is 0 Å². The lowest BCUT2D eigenvalue weighted by molar-refractivity contribution is -0.211. The molecule has 11 rings (SSSR count). The normalized spacial score (nSPS) is 17.2. The molecule has 116 heavy (non-hydrogen) atoms. The van der Waals surface area contributed by atoms with Crippen molar-refractivity contribution in [3.63, 3.8) is 0 Å².